The molecule has 0 bridgehead atoms. The lowest BCUT2D eigenvalue weighted by atomic mass is 10.2. The van der Waals surface area contributed by atoms with Crippen LogP contribution in [0.1, 0.15) is 41.5 Å². The third kappa shape index (κ3) is 3.18. The maximum absolute atomic E-state index is 11.2. The molecule has 0 unspecified atom stereocenters. The standard InChI is InChI=1S/C15H27NO3Si/c1-10(2)20(11(3)4,12(5)6)8-7-14-13(9-17)16-15(18)19-14/h10-14,17H,9H2,1-6H3,(H,16,18)/t13-,14+/m0/s1. The fourth-order valence-electron chi connectivity index (χ4n) is 3.36. The number of aliphatic hydroxyl groups is 1. The molecule has 2 atom stereocenters. The second-order valence-corrected chi connectivity index (χ2v) is 12.0. The number of carbonyl (C=O) groups excluding carboxylic acids is 1. The fourth-order valence-corrected chi connectivity index (χ4v) is 8.62. The van der Waals surface area contributed by atoms with Gasteiger partial charge in [-0.2, -0.15) is 0 Å². The number of alkyl carbamates (subject to hydrolysis) is 1. The molecule has 1 aliphatic rings. The van der Waals surface area contributed by atoms with E-state index in [9.17, 15) is 9.90 Å². The van der Waals surface area contributed by atoms with Crippen LogP contribution in [0.15, 0.2) is 0 Å². The first-order valence-corrected chi connectivity index (χ1v) is 9.59. The molecule has 1 aliphatic heterocycles. The normalized spacial score (nSPS) is 22.8. The largest absolute Gasteiger partial charge is 0.431 e. The Kier molecular flexibility index (Phi) is 5.66. The van der Waals surface area contributed by atoms with Gasteiger partial charge in [0.25, 0.3) is 0 Å². The Hall–Kier alpha value is -0.993. The number of aliphatic hydroxyl groups excluding tert-OH is 1. The fraction of sp³-hybridized carbons (Fsp3) is 0.800. The lowest BCUT2D eigenvalue weighted by Gasteiger charge is -2.38. The lowest BCUT2D eigenvalue weighted by Crippen LogP contribution is -2.44. The third-order valence-electron chi connectivity index (χ3n) is 4.40. The Balaban J connectivity index is 3.08. The van der Waals surface area contributed by atoms with Crippen molar-refractivity contribution in [2.75, 3.05) is 6.61 Å². The minimum Gasteiger partial charge on any atom is -0.431 e. The van der Waals surface area contributed by atoms with Crippen LogP contribution in [-0.4, -0.2) is 38.0 Å². The van der Waals surface area contributed by atoms with Crippen LogP contribution in [0.4, 0.5) is 4.79 Å². The van der Waals surface area contributed by atoms with Gasteiger partial charge in [0, 0.05) is 0 Å². The molecule has 2 N–H and O–H groups in total. The van der Waals surface area contributed by atoms with E-state index in [2.05, 4.69) is 58.3 Å². The zero-order chi connectivity index (χ0) is 15.5. The smallest absolute Gasteiger partial charge is 0.408 e. The number of ether oxygens (including phenoxy) is 1. The van der Waals surface area contributed by atoms with Crippen molar-refractivity contribution in [2.24, 2.45) is 0 Å². The molecule has 0 saturated carbocycles. The molecule has 0 spiro atoms. The van der Waals surface area contributed by atoms with Crippen molar-refractivity contribution >= 4 is 14.2 Å². The van der Waals surface area contributed by atoms with Crippen molar-refractivity contribution in [3.63, 3.8) is 0 Å². The molecule has 1 rings (SSSR count). The van der Waals surface area contributed by atoms with Gasteiger partial charge in [-0.15, -0.1) is 5.54 Å². The summed E-state index contributed by atoms with van der Waals surface area (Å²) in [5.41, 5.74) is 5.12. The SMILES string of the molecule is CC(C)[Si](C#C[C@H]1OC(=O)N[C@H]1CO)(C(C)C)C(C)C. The average molecular weight is 297 g/mol. The number of rotatable bonds is 4. The van der Waals surface area contributed by atoms with Crippen LogP contribution in [0.25, 0.3) is 0 Å². The number of nitrogens with one attached hydrogen (secondary N) is 1. The molecule has 1 saturated heterocycles. The highest BCUT2D eigenvalue weighted by Crippen LogP contribution is 2.40. The monoisotopic (exact) mass is 297 g/mol. The van der Waals surface area contributed by atoms with Crippen molar-refractivity contribution in [1.82, 2.24) is 5.32 Å². The molecular weight excluding hydrogens is 270 g/mol. The highest BCUT2D eigenvalue weighted by atomic mass is 28.3. The summed E-state index contributed by atoms with van der Waals surface area (Å²) in [4.78, 5) is 11.2. The van der Waals surface area contributed by atoms with Crippen LogP contribution < -0.4 is 5.32 Å². The summed E-state index contributed by atoms with van der Waals surface area (Å²) in [7, 11) is -1.82. The minimum atomic E-state index is -1.82. The first-order valence-electron chi connectivity index (χ1n) is 7.36. The Morgan fingerprint density at radius 2 is 1.70 bits per heavy atom. The molecule has 0 radical (unpaired) electrons. The molecule has 1 amide bonds. The summed E-state index contributed by atoms with van der Waals surface area (Å²) < 4.78 is 5.14. The Labute approximate surface area is 123 Å². The van der Waals surface area contributed by atoms with E-state index in [0.717, 1.165) is 0 Å². The van der Waals surface area contributed by atoms with E-state index in [4.69, 9.17) is 4.74 Å². The molecule has 20 heavy (non-hydrogen) atoms. The molecule has 114 valence electrons. The van der Waals surface area contributed by atoms with E-state index in [1.165, 1.54) is 0 Å². The van der Waals surface area contributed by atoms with Crippen LogP contribution in [-0.2, 0) is 4.74 Å². The van der Waals surface area contributed by atoms with Crippen LogP contribution in [0, 0.1) is 11.5 Å². The number of hydrogen-bond acceptors (Lipinski definition) is 3. The highest BCUT2D eigenvalue weighted by Gasteiger charge is 2.42. The van der Waals surface area contributed by atoms with Gasteiger partial charge in [0.1, 0.15) is 14.1 Å². The van der Waals surface area contributed by atoms with Gasteiger partial charge >= 0.3 is 6.09 Å². The summed E-state index contributed by atoms with van der Waals surface area (Å²) >= 11 is 0. The van der Waals surface area contributed by atoms with E-state index in [1.807, 2.05) is 0 Å². The van der Waals surface area contributed by atoms with E-state index in [-0.39, 0.29) is 6.61 Å². The quantitative estimate of drug-likeness (QED) is 0.619. The van der Waals surface area contributed by atoms with Gasteiger partial charge in [-0.25, -0.2) is 4.79 Å². The molecule has 0 aromatic rings. The summed E-state index contributed by atoms with van der Waals surface area (Å²) in [6.07, 6.45) is -1.02. The predicted molar refractivity (Wildman–Crippen MR) is 83.1 cm³/mol. The topological polar surface area (TPSA) is 58.6 Å². The van der Waals surface area contributed by atoms with Crippen LogP contribution in [0.2, 0.25) is 16.6 Å². The molecule has 5 heteroatoms. The molecule has 4 nitrogen and oxygen atoms in total. The maximum atomic E-state index is 11.2. The third-order valence-corrected chi connectivity index (χ3v) is 10.7. The summed E-state index contributed by atoms with van der Waals surface area (Å²) in [6, 6.07) is -0.409. The van der Waals surface area contributed by atoms with Gasteiger partial charge in [0.05, 0.1) is 6.61 Å². The number of hydrogen-bond donors (Lipinski definition) is 2. The number of carbonyl (C=O) groups is 1. The van der Waals surface area contributed by atoms with Crippen LogP contribution in [0.3, 0.4) is 0 Å². The van der Waals surface area contributed by atoms with Crippen molar-refractivity contribution in [3.05, 3.63) is 0 Å². The Morgan fingerprint density at radius 3 is 2.10 bits per heavy atom. The van der Waals surface area contributed by atoms with E-state index >= 15 is 0 Å². The summed E-state index contributed by atoms with van der Waals surface area (Å²) in [5.74, 6) is 3.14. The van der Waals surface area contributed by atoms with E-state index < -0.39 is 26.3 Å². The molecule has 1 fully saturated rings. The van der Waals surface area contributed by atoms with Crippen molar-refractivity contribution < 1.29 is 14.6 Å². The van der Waals surface area contributed by atoms with E-state index in [0.29, 0.717) is 16.6 Å². The second-order valence-electron chi connectivity index (χ2n) is 6.43. The van der Waals surface area contributed by atoms with Gasteiger partial charge in [0.15, 0.2) is 6.10 Å². The lowest BCUT2D eigenvalue weighted by molar-refractivity contribution is 0.148. The maximum Gasteiger partial charge on any atom is 0.408 e. The van der Waals surface area contributed by atoms with Crippen LogP contribution >= 0.6 is 0 Å². The number of amides is 1. The second kappa shape index (κ2) is 6.64. The van der Waals surface area contributed by atoms with Crippen molar-refractivity contribution in [2.45, 2.75) is 70.3 Å². The summed E-state index contributed by atoms with van der Waals surface area (Å²) in [5, 5.41) is 11.8. The average Bonchev–Trinajstić information content (AvgIpc) is 2.69. The van der Waals surface area contributed by atoms with E-state index in [1.54, 1.807) is 0 Å². The highest BCUT2D eigenvalue weighted by molar-refractivity contribution is 6.90. The van der Waals surface area contributed by atoms with Gasteiger partial charge in [-0.3, -0.25) is 0 Å². The first kappa shape index (κ1) is 17.1. The molecule has 0 aliphatic carbocycles. The Morgan fingerprint density at radius 1 is 1.20 bits per heavy atom. The zero-order valence-corrected chi connectivity index (χ0v) is 14.4. The number of cyclic esters (lactones) is 1. The van der Waals surface area contributed by atoms with Crippen molar-refractivity contribution in [3.8, 4) is 11.5 Å². The predicted octanol–water partition coefficient (Wildman–Crippen LogP) is 2.68. The molecule has 0 aromatic carbocycles. The molecule has 1 heterocycles. The Bertz CT molecular complexity index is 387. The molecule has 0 aromatic heterocycles. The molecular formula is C15H27NO3Si. The van der Waals surface area contributed by atoms with Gasteiger partial charge in [-0.05, 0) is 16.6 Å². The van der Waals surface area contributed by atoms with Crippen LogP contribution in [0.5, 0.6) is 0 Å². The minimum absolute atomic E-state index is 0.148. The zero-order valence-electron chi connectivity index (χ0n) is 13.4. The van der Waals surface area contributed by atoms with Crippen molar-refractivity contribution in [1.29, 1.82) is 0 Å². The van der Waals surface area contributed by atoms with Gasteiger partial charge in [0.2, 0.25) is 0 Å². The van der Waals surface area contributed by atoms with Gasteiger partial charge in [-0.1, -0.05) is 47.5 Å². The summed E-state index contributed by atoms with van der Waals surface area (Å²) in [6.45, 7) is 13.3. The first-order chi connectivity index (χ1) is 9.25. The van der Waals surface area contributed by atoms with Gasteiger partial charge < -0.3 is 15.2 Å².